The van der Waals surface area contributed by atoms with Crippen molar-refractivity contribution in [2.24, 2.45) is 5.92 Å². The van der Waals surface area contributed by atoms with E-state index in [2.05, 4.69) is 28.0 Å². The first-order chi connectivity index (χ1) is 12.2. The number of piperazine rings is 1. The maximum absolute atomic E-state index is 11.9. The number of para-hydroxylation sites is 1. The molecule has 0 aliphatic carbocycles. The van der Waals surface area contributed by atoms with Gasteiger partial charge < -0.3 is 19.6 Å². The van der Waals surface area contributed by atoms with Crippen LogP contribution in [0.4, 0.5) is 11.4 Å². The summed E-state index contributed by atoms with van der Waals surface area (Å²) in [5.41, 5.74) is 3.42. The molecule has 2 aromatic rings. The zero-order chi connectivity index (χ0) is 17.4. The largest absolute Gasteiger partial charge is 0.497 e. The molecule has 2 aliphatic heterocycles. The Labute approximate surface area is 147 Å². The van der Waals surface area contributed by atoms with Crippen LogP contribution in [0.1, 0.15) is 5.56 Å². The molecule has 1 fully saturated rings. The van der Waals surface area contributed by atoms with Crippen molar-refractivity contribution in [1.29, 1.82) is 0 Å². The number of benzene rings is 2. The van der Waals surface area contributed by atoms with Gasteiger partial charge in [-0.05, 0) is 30.2 Å². The summed E-state index contributed by atoms with van der Waals surface area (Å²) in [5, 5.41) is 9.78. The lowest BCUT2D eigenvalue weighted by Gasteiger charge is -2.49. The molecular weight excluding hydrogens is 316 g/mol. The van der Waals surface area contributed by atoms with E-state index in [0.29, 0.717) is 13.0 Å². The van der Waals surface area contributed by atoms with E-state index in [-0.39, 0.29) is 12.0 Å². The summed E-state index contributed by atoms with van der Waals surface area (Å²) in [6.45, 7) is 2.39. The molecule has 2 aliphatic rings. The molecule has 0 saturated carbocycles. The highest BCUT2D eigenvalue weighted by Gasteiger charge is 2.41. The van der Waals surface area contributed by atoms with Gasteiger partial charge in [-0.3, -0.25) is 4.79 Å². The third kappa shape index (κ3) is 2.80. The molecule has 0 aromatic heterocycles. The van der Waals surface area contributed by atoms with E-state index in [0.717, 1.165) is 30.1 Å². The minimum Gasteiger partial charge on any atom is -0.497 e. The van der Waals surface area contributed by atoms with Gasteiger partial charge in [-0.25, -0.2) is 0 Å². The standard InChI is InChI=1S/C20H22N2O3/c1-25-16-7-4-6-15(12-16)21-9-10-22-18-8-3-2-5-14(18)11-17(20(23)24)19(22)13-21/h2-8,12,17,19H,9-11,13H2,1H3,(H,23,24). The van der Waals surface area contributed by atoms with E-state index >= 15 is 0 Å². The van der Waals surface area contributed by atoms with Crippen LogP contribution in [-0.4, -0.2) is 43.9 Å². The van der Waals surface area contributed by atoms with E-state index in [9.17, 15) is 9.90 Å². The lowest BCUT2D eigenvalue weighted by atomic mass is 9.84. The number of nitrogens with zero attached hydrogens (tertiary/aromatic N) is 2. The van der Waals surface area contributed by atoms with Crippen molar-refractivity contribution >= 4 is 17.3 Å². The van der Waals surface area contributed by atoms with E-state index in [1.165, 1.54) is 5.69 Å². The van der Waals surface area contributed by atoms with Crippen molar-refractivity contribution in [2.75, 3.05) is 36.5 Å². The van der Waals surface area contributed by atoms with Crippen LogP contribution in [0.2, 0.25) is 0 Å². The second-order valence-electron chi connectivity index (χ2n) is 6.69. The molecule has 5 heteroatoms. The second-order valence-corrected chi connectivity index (χ2v) is 6.69. The number of rotatable bonds is 3. The minimum atomic E-state index is -0.711. The molecule has 2 atom stereocenters. The van der Waals surface area contributed by atoms with Gasteiger partial charge in [-0.15, -0.1) is 0 Å². The monoisotopic (exact) mass is 338 g/mol. The molecule has 1 N–H and O–H groups in total. The van der Waals surface area contributed by atoms with E-state index in [1.54, 1.807) is 7.11 Å². The van der Waals surface area contributed by atoms with Gasteiger partial charge in [-0.2, -0.15) is 0 Å². The number of methoxy groups -OCH3 is 1. The van der Waals surface area contributed by atoms with Crippen molar-refractivity contribution in [3.05, 3.63) is 54.1 Å². The summed E-state index contributed by atoms with van der Waals surface area (Å²) >= 11 is 0. The Morgan fingerprint density at radius 2 is 2.00 bits per heavy atom. The number of aliphatic carboxylic acids is 1. The molecule has 2 unspecified atom stereocenters. The normalized spacial score (nSPS) is 22.1. The number of hydrogen-bond donors (Lipinski definition) is 1. The Kier molecular flexibility index (Phi) is 3.99. The minimum absolute atomic E-state index is 0.0210. The summed E-state index contributed by atoms with van der Waals surface area (Å²) < 4.78 is 5.33. The van der Waals surface area contributed by atoms with Gasteiger partial charge >= 0.3 is 5.97 Å². The lowest BCUT2D eigenvalue weighted by Crippen LogP contribution is -2.60. The van der Waals surface area contributed by atoms with Crippen LogP contribution >= 0.6 is 0 Å². The maximum Gasteiger partial charge on any atom is 0.309 e. The Balaban J connectivity index is 1.65. The van der Waals surface area contributed by atoms with Gasteiger partial charge in [0.15, 0.2) is 0 Å². The highest BCUT2D eigenvalue weighted by atomic mass is 16.5. The van der Waals surface area contributed by atoms with Crippen LogP contribution in [0, 0.1) is 5.92 Å². The first-order valence-corrected chi connectivity index (χ1v) is 8.63. The van der Waals surface area contributed by atoms with Crippen molar-refractivity contribution < 1.29 is 14.6 Å². The molecule has 0 radical (unpaired) electrons. The first-order valence-electron chi connectivity index (χ1n) is 8.63. The first kappa shape index (κ1) is 15.8. The number of carboxylic acid groups (broad SMARTS) is 1. The molecule has 2 heterocycles. The highest BCUT2D eigenvalue weighted by molar-refractivity contribution is 5.75. The molecule has 1 saturated heterocycles. The van der Waals surface area contributed by atoms with Crippen molar-refractivity contribution in [1.82, 2.24) is 0 Å². The highest BCUT2D eigenvalue weighted by Crippen LogP contribution is 2.37. The predicted octanol–water partition coefficient (Wildman–Crippen LogP) is 2.65. The summed E-state index contributed by atoms with van der Waals surface area (Å²) in [6.07, 6.45) is 0.596. The molecule has 130 valence electrons. The fourth-order valence-corrected chi connectivity index (χ4v) is 4.08. The fraction of sp³-hybridized carbons (Fsp3) is 0.350. The molecule has 0 spiro atoms. The van der Waals surface area contributed by atoms with Gasteiger partial charge in [0.05, 0.1) is 19.1 Å². The van der Waals surface area contributed by atoms with Gasteiger partial charge in [0.1, 0.15) is 5.75 Å². The molecule has 0 bridgehead atoms. The maximum atomic E-state index is 11.9. The number of carboxylic acids is 1. The second kappa shape index (κ2) is 6.31. The third-order valence-corrected chi connectivity index (χ3v) is 5.36. The zero-order valence-corrected chi connectivity index (χ0v) is 14.3. The molecule has 4 rings (SSSR count). The third-order valence-electron chi connectivity index (χ3n) is 5.36. The zero-order valence-electron chi connectivity index (χ0n) is 14.3. The quantitative estimate of drug-likeness (QED) is 0.932. The van der Waals surface area contributed by atoms with Crippen LogP contribution in [-0.2, 0) is 11.2 Å². The number of ether oxygens (including phenoxy) is 1. The topological polar surface area (TPSA) is 53.0 Å². The number of carbonyl (C=O) groups is 1. The number of anilines is 2. The average molecular weight is 338 g/mol. The van der Waals surface area contributed by atoms with Crippen LogP contribution in [0.5, 0.6) is 5.75 Å². The summed E-state index contributed by atoms with van der Waals surface area (Å²) in [4.78, 5) is 16.5. The molecule has 0 amide bonds. The number of fused-ring (bicyclic) bond motifs is 3. The van der Waals surface area contributed by atoms with Gasteiger partial charge in [-0.1, -0.05) is 24.3 Å². The number of hydrogen-bond acceptors (Lipinski definition) is 4. The van der Waals surface area contributed by atoms with Gasteiger partial charge in [0.25, 0.3) is 0 Å². The molecule has 25 heavy (non-hydrogen) atoms. The van der Waals surface area contributed by atoms with Crippen molar-refractivity contribution in [3.63, 3.8) is 0 Å². The smallest absolute Gasteiger partial charge is 0.309 e. The Hall–Kier alpha value is -2.69. The predicted molar refractivity (Wildman–Crippen MR) is 97.6 cm³/mol. The van der Waals surface area contributed by atoms with Gasteiger partial charge in [0, 0.05) is 37.1 Å². The molecular formula is C20H22N2O3. The van der Waals surface area contributed by atoms with Crippen molar-refractivity contribution in [3.8, 4) is 5.75 Å². The summed E-state index contributed by atoms with van der Waals surface area (Å²) in [5.74, 6) is -0.274. The van der Waals surface area contributed by atoms with Gasteiger partial charge in [0.2, 0.25) is 0 Å². The van der Waals surface area contributed by atoms with E-state index < -0.39 is 5.97 Å². The van der Waals surface area contributed by atoms with E-state index in [1.807, 2.05) is 30.3 Å². The lowest BCUT2D eigenvalue weighted by molar-refractivity contribution is -0.142. The molecule has 5 nitrogen and oxygen atoms in total. The van der Waals surface area contributed by atoms with Crippen LogP contribution in [0.3, 0.4) is 0 Å². The van der Waals surface area contributed by atoms with Crippen LogP contribution in [0.25, 0.3) is 0 Å². The van der Waals surface area contributed by atoms with E-state index in [4.69, 9.17) is 4.74 Å². The Morgan fingerprint density at radius 1 is 1.16 bits per heavy atom. The Morgan fingerprint density at radius 3 is 2.80 bits per heavy atom. The fourth-order valence-electron chi connectivity index (χ4n) is 4.08. The Bertz CT molecular complexity index is 792. The summed E-state index contributed by atoms with van der Waals surface area (Å²) in [7, 11) is 1.66. The van der Waals surface area contributed by atoms with Crippen LogP contribution < -0.4 is 14.5 Å². The SMILES string of the molecule is COc1cccc(N2CCN3c4ccccc4CC(C(=O)O)C3C2)c1. The summed E-state index contributed by atoms with van der Waals surface area (Å²) in [6, 6.07) is 16.1. The molecule has 2 aromatic carbocycles. The van der Waals surface area contributed by atoms with Crippen LogP contribution in [0.15, 0.2) is 48.5 Å². The van der Waals surface area contributed by atoms with Crippen molar-refractivity contribution in [2.45, 2.75) is 12.5 Å². The average Bonchev–Trinajstić information content (AvgIpc) is 2.66.